The largest absolute Gasteiger partial charge is 0.489 e. The number of rotatable bonds is 5. The normalized spacial score (nSPS) is 11.1. The van der Waals surface area contributed by atoms with Crippen molar-refractivity contribution in [2.45, 2.75) is 6.61 Å². The Morgan fingerprint density at radius 2 is 1.84 bits per heavy atom. The standard InChI is InChI=1S/C24H16F2N4O2/c25-17-6-5-16(19(26)10-17)13-32-18-7-8-20-21(11-18)29-24(28-20)30-23(31)22-9-14-3-1-2-4-15(14)12-27-22/h1-12H,13H2,(H2,28,29,30,31). The number of aromatic amines is 1. The Labute approximate surface area is 180 Å². The highest BCUT2D eigenvalue weighted by atomic mass is 19.1. The van der Waals surface area contributed by atoms with Crippen molar-refractivity contribution in [3.8, 4) is 5.75 Å². The third-order valence-corrected chi connectivity index (χ3v) is 4.96. The second kappa shape index (κ2) is 8.07. The van der Waals surface area contributed by atoms with Crippen LogP contribution in [0.2, 0.25) is 0 Å². The van der Waals surface area contributed by atoms with E-state index in [1.807, 2.05) is 24.3 Å². The first-order chi connectivity index (χ1) is 15.5. The van der Waals surface area contributed by atoms with E-state index in [0.717, 1.165) is 16.8 Å². The van der Waals surface area contributed by atoms with Crippen LogP contribution in [0.25, 0.3) is 21.8 Å². The monoisotopic (exact) mass is 430 g/mol. The number of anilines is 1. The van der Waals surface area contributed by atoms with Gasteiger partial charge in [-0.15, -0.1) is 0 Å². The quantitative estimate of drug-likeness (QED) is 0.401. The maximum Gasteiger partial charge on any atom is 0.276 e. The van der Waals surface area contributed by atoms with E-state index in [2.05, 4.69) is 20.3 Å². The fourth-order valence-electron chi connectivity index (χ4n) is 3.32. The van der Waals surface area contributed by atoms with Crippen LogP contribution >= 0.6 is 0 Å². The number of imidazole rings is 1. The average Bonchev–Trinajstić information content (AvgIpc) is 3.19. The Kier molecular flexibility index (Phi) is 4.95. The zero-order valence-electron chi connectivity index (χ0n) is 16.6. The molecule has 0 aliphatic rings. The van der Waals surface area contributed by atoms with Gasteiger partial charge in [-0.05, 0) is 35.7 Å². The van der Waals surface area contributed by atoms with E-state index in [9.17, 15) is 13.6 Å². The number of carbonyl (C=O) groups is 1. The molecule has 5 aromatic rings. The maximum atomic E-state index is 13.8. The highest BCUT2D eigenvalue weighted by Gasteiger charge is 2.12. The van der Waals surface area contributed by atoms with Gasteiger partial charge in [-0.25, -0.2) is 13.8 Å². The summed E-state index contributed by atoms with van der Waals surface area (Å²) < 4.78 is 32.4. The van der Waals surface area contributed by atoms with E-state index in [-0.39, 0.29) is 23.8 Å². The lowest BCUT2D eigenvalue weighted by molar-refractivity contribution is 0.102. The minimum absolute atomic E-state index is 0.0526. The van der Waals surface area contributed by atoms with E-state index in [4.69, 9.17) is 4.74 Å². The first kappa shape index (κ1) is 19.6. The number of benzene rings is 3. The lowest BCUT2D eigenvalue weighted by atomic mass is 10.1. The molecule has 6 nitrogen and oxygen atoms in total. The molecule has 158 valence electrons. The number of amides is 1. The Hall–Kier alpha value is -4.33. The molecule has 5 rings (SSSR count). The molecule has 0 atom stereocenters. The molecule has 3 aromatic carbocycles. The van der Waals surface area contributed by atoms with Crippen LogP contribution in [-0.4, -0.2) is 20.9 Å². The number of carbonyl (C=O) groups excluding carboxylic acids is 1. The van der Waals surface area contributed by atoms with Crippen LogP contribution in [0.3, 0.4) is 0 Å². The van der Waals surface area contributed by atoms with Gasteiger partial charge in [0.2, 0.25) is 5.95 Å². The molecule has 2 N–H and O–H groups in total. The molecule has 0 aliphatic carbocycles. The van der Waals surface area contributed by atoms with Crippen molar-refractivity contribution in [1.82, 2.24) is 15.0 Å². The lowest BCUT2D eigenvalue weighted by Crippen LogP contribution is -2.14. The van der Waals surface area contributed by atoms with E-state index in [1.165, 1.54) is 12.1 Å². The number of fused-ring (bicyclic) bond motifs is 2. The van der Waals surface area contributed by atoms with Gasteiger partial charge in [-0.3, -0.25) is 15.1 Å². The summed E-state index contributed by atoms with van der Waals surface area (Å²) in [4.78, 5) is 24.2. The molecule has 0 unspecified atom stereocenters. The van der Waals surface area contributed by atoms with Crippen molar-refractivity contribution in [3.63, 3.8) is 0 Å². The first-order valence-electron chi connectivity index (χ1n) is 9.78. The fraction of sp³-hybridized carbons (Fsp3) is 0.0417. The van der Waals surface area contributed by atoms with Gasteiger partial charge in [0.05, 0.1) is 11.0 Å². The zero-order chi connectivity index (χ0) is 22.1. The number of halogens is 2. The molecule has 0 spiro atoms. The van der Waals surface area contributed by atoms with E-state index in [0.29, 0.717) is 16.8 Å². The van der Waals surface area contributed by atoms with Crippen LogP contribution in [0.5, 0.6) is 5.75 Å². The van der Waals surface area contributed by atoms with Gasteiger partial charge < -0.3 is 9.72 Å². The number of nitrogens with one attached hydrogen (secondary N) is 2. The van der Waals surface area contributed by atoms with Gasteiger partial charge in [0, 0.05) is 29.3 Å². The van der Waals surface area contributed by atoms with Crippen LogP contribution in [0.15, 0.2) is 72.9 Å². The van der Waals surface area contributed by atoms with Gasteiger partial charge in [-0.1, -0.05) is 24.3 Å². The van der Waals surface area contributed by atoms with Gasteiger partial charge in [0.1, 0.15) is 29.7 Å². The van der Waals surface area contributed by atoms with E-state index < -0.39 is 17.5 Å². The molecule has 2 heterocycles. The summed E-state index contributed by atoms with van der Waals surface area (Å²) >= 11 is 0. The molecule has 8 heteroatoms. The van der Waals surface area contributed by atoms with Gasteiger partial charge >= 0.3 is 0 Å². The summed E-state index contributed by atoms with van der Waals surface area (Å²) in [7, 11) is 0. The van der Waals surface area contributed by atoms with E-state index in [1.54, 1.807) is 30.5 Å². The molecule has 0 fully saturated rings. The number of H-pyrrole nitrogens is 1. The van der Waals surface area contributed by atoms with Crippen LogP contribution in [-0.2, 0) is 6.61 Å². The van der Waals surface area contributed by atoms with Crippen LogP contribution in [0.1, 0.15) is 16.1 Å². The lowest BCUT2D eigenvalue weighted by Gasteiger charge is -2.07. The second-order valence-electron chi connectivity index (χ2n) is 7.16. The predicted molar refractivity (Wildman–Crippen MR) is 116 cm³/mol. The number of aromatic nitrogens is 3. The van der Waals surface area contributed by atoms with Crippen LogP contribution < -0.4 is 10.1 Å². The SMILES string of the molecule is O=C(Nc1nc2ccc(OCc3ccc(F)cc3F)cc2[nH]1)c1cc2ccccc2cn1. The summed E-state index contributed by atoms with van der Waals surface area (Å²) in [5, 5.41) is 4.57. The number of ether oxygens (including phenoxy) is 1. The molecule has 0 radical (unpaired) electrons. The molecule has 0 bridgehead atoms. The molecule has 0 aliphatic heterocycles. The Bertz CT molecular complexity index is 1470. The van der Waals surface area contributed by atoms with Crippen molar-refractivity contribution in [3.05, 3.63) is 95.8 Å². The highest BCUT2D eigenvalue weighted by Crippen LogP contribution is 2.23. The minimum Gasteiger partial charge on any atom is -0.489 e. The topological polar surface area (TPSA) is 79.9 Å². The van der Waals surface area contributed by atoms with Crippen molar-refractivity contribution < 1.29 is 18.3 Å². The number of pyridine rings is 1. The van der Waals surface area contributed by atoms with Crippen LogP contribution in [0.4, 0.5) is 14.7 Å². The molecular formula is C24H16F2N4O2. The van der Waals surface area contributed by atoms with Gasteiger partial charge in [0.25, 0.3) is 5.91 Å². The molecule has 32 heavy (non-hydrogen) atoms. The average molecular weight is 430 g/mol. The summed E-state index contributed by atoms with van der Waals surface area (Å²) in [6, 6.07) is 17.8. The Balaban J connectivity index is 1.31. The third kappa shape index (κ3) is 3.98. The van der Waals surface area contributed by atoms with Crippen molar-refractivity contribution in [2.24, 2.45) is 0 Å². The van der Waals surface area contributed by atoms with E-state index >= 15 is 0 Å². The van der Waals surface area contributed by atoms with Crippen molar-refractivity contribution >= 4 is 33.7 Å². The van der Waals surface area contributed by atoms with Crippen molar-refractivity contribution in [2.75, 3.05) is 5.32 Å². The summed E-state index contributed by atoms with van der Waals surface area (Å²) in [6.07, 6.45) is 1.65. The predicted octanol–water partition coefficient (Wildman–Crippen LogP) is 5.22. The maximum absolute atomic E-state index is 13.8. The van der Waals surface area contributed by atoms with Gasteiger partial charge in [0.15, 0.2) is 0 Å². The molecule has 0 saturated carbocycles. The molecular weight excluding hydrogens is 414 g/mol. The fourth-order valence-corrected chi connectivity index (χ4v) is 3.32. The van der Waals surface area contributed by atoms with Crippen molar-refractivity contribution in [1.29, 1.82) is 0 Å². The molecule has 2 aromatic heterocycles. The first-order valence-corrected chi connectivity index (χ1v) is 9.78. The second-order valence-corrected chi connectivity index (χ2v) is 7.16. The number of hydrogen-bond acceptors (Lipinski definition) is 4. The Morgan fingerprint density at radius 3 is 2.69 bits per heavy atom. The molecule has 0 saturated heterocycles. The van der Waals surface area contributed by atoms with Gasteiger partial charge in [-0.2, -0.15) is 0 Å². The number of hydrogen-bond donors (Lipinski definition) is 2. The summed E-state index contributed by atoms with van der Waals surface area (Å²) in [6.45, 7) is -0.0526. The smallest absolute Gasteiger partial charge is 0.276 e. The highest BCUT2D eigenvalue weighted by molar-refractivity contribution is 6.04. The number of nitrogens with zero attached hydrogens (tertiary/aromatic N) is 2. The molecule has 1 amide bonds. The van der Waals surface area contributed by atoms with Crippen LogP contribution in [0, 0.1) is 11.6 Å². The summed E-state index contributed by atoms with van der Waals surface area (Å²) in [5.41, 5.74) is 1.76. The minimum atomic E-state index is -0.667. The third-order valence-electron chi connectivity index (χ3n) is 4.96. The Morgan fingerprint density at radius 1 is 1.00 bits per heavy atom. The summed E-state index contributed by atoms with van der Waals surface area (Å²) in [5.74, 6) is -0.961. The zero-order valence-corrected chi connectivity index (χ0v) is 16.6.